The second kappa shape index (κ2) is 6.02. The first-order valence-corrected chi connectivity index (χ1v) is 8.12. The Hall–Kier alpha value is -1.99. The molecule has 7 heteroatoms. The second-order valence-corrected chi connectivity index (χ2v) is 6.84. The van der Waals surface area contributed by atoms with Crippen LogP contribution in [0.15, 0.2) is 39.2 Å². The van der Waals surface area contributed by atoms with Gasteiger partial charge in [-0.2, -0.15) is 0 Å². The van der Waals surface area contributed by atoms with Crippen LogP contribution < -0.4 is 5.32 Å². The van der Waals surface area contributed by atoms with Gasteiger partial charge in [0.2, 0.25) is 5.89 Å². The summed E-state index contributed by atoms with van der Waals surface area (Å²) in [5.41, 5.74) is 1.34. The van der Waals surface area contributed by atoms with Gasteiger partial charge in [0.1, 0.15) is 0 Å². The minimum Gasteiger partial charge on any atom is -0.420 e. The molecule has 0 aliphatic carbocycles. The average molecular weight is 378 g/mol. The quantitative estimate of drug-likeness (QED) is 0.732. The third kappa shape index (κ3) is 3.10. The van der Waals surface area contributed by atoms with Gasteiger partial charge >= 0.3 is 0 Å². The zero-order chi connectivity index (χ0) is 15.7. The summed E-state index contributed by atoms with van der Waals surface area (Å²) in [6.07, 6.45) is 0. The molecule has 0 bridgehead atoms. The first-order chi connectivity index (χ1) is 10.5. The zero-order valence-corrected chi connectivity index (χ0v) is 14.3. The van der Waals surface area contributed by atoms with E-state index in [2.05, 4.69) is 31.4 Å². The van der Waals surface area contributed by atoms with E-state index in [4.69, 9.17) is 4.42 Å². The van der Waals surface area contributed by atoms with Gasteiger partial charge < -0.3 is 9.73 Å². The Labute approximate surface area is 139 Å². The number of benzene rings is 1. The molecule has 112 valence electrons. The third-order valence-electron chi connectivity index (χ3n) is 2.99. The van der Waals surface area contributed by atoms with E-state index in [0.717, 1.165) is 19.9 Å². The van der Waals surface area contributed by atoms with Crippen LogP contribution in [0.1, 0.15) is 21.1 Å². The molecule has 0 aliphatic rings. The van der Waals surface area contributed by atoms with Crippen molar-refractivity contribution in [3.05, 3.63) is 51.1 Å². The van der Waals surface area contributed by atoms with Crippen LogP contribution in [0.3, 0.4) is 0 Å². The van der Waals surface area contributed by atoms with E-state index >= 15 is 0 Å². The van der Waals surface area contributed by atoms with E-state index in [1.165, 1.54) is 11.3 Å². The summed E-state index contributed by atoms with van der Waals surface area (Å²) in [4.78, 5) is 14.1. The van der Waals surface area contributed by atoms with Crippen molar-refractivity contribution >= 4 is 38.9 Å². The zero-order valence-electron chi connectivity index (χ0n) is 11.9. The molecule has 0 aliphatic heterocycles. The lowest BCUT2D eigenvalue weighted by molar-refractivity contribution is 0.102. The predicted octanol–water partition coefficient (Wildman–Crippen LogP) is 4.43. The summed E-state index contributed by atoms with van der Waals surface area (Å²) in [6, 6.07) is 9.10. The van der Waals surface area contributed by atoms with Gasteiger partial charge in [-0.15, -0.1) is 21.5 Å². The fourth-order valence-corrected chi connectivity index (χ4v) is 3.23. The minimum atomic E-state index is -0.157. The van der Waals surface area contributed by atoms with E-state index < -0.39 is 0 Å². The molecule has 0 saturated carbocycles. The molecule has 0 atom stereocenters. The molecule has 0 unspecified atom stereocenters. The number of carbonyl (C=O) groups excluding carboxylic acids is 1. The highest BCUT2D eigenvalue weighted by atomic mass is 79.9. The van der Waals surface area contributed by atoms with Gasteiger partial charge in [-0.1, -0.05) is 22.0 Å². The molecule has 0 saturated heterocycles. The molecule has 1 amide bonds. The fourth-order valence-electron chi connectivity index (χ4n) is 1.93. The SMILES string of the molecule is Cc1nnc(-c2cc(NC(=O)c3cccc(Br)c3)c(C)s2)o1. The highest BCUT2D eigenvalue weighted by molar-refractivity contribution is 9.10. The molecule has 5 nitrogen and oxygen atoms in total. The summed E-state index contributed by atoms with van der Waals surface area (Å²) in [6.45, 7) is 3.68. The van der Waals surface area contributed by atoms with Crippen molar-refractivity contribution < 1.29 is 9.21 Å². The number of aryl methyl sites for hydroxylation is 2. The fraction of sp³-hybridized carbons (Fsp3) is 0.133. The van der Waals surface area contributed by atoms with Crippen LogP contribution in [0.4, 0.5) is 5.69 Å². The van der Waals surface area contributed by atoms with Crippen LogP contribution >= 0.6 is 27.3 Å². The van der Waals surface area contributed by atoms with Crippen LogP contribution in [0.5, 0.6) is 0 Å². The van der Waals surface area contributed by atoms with Crippen LogP contribution in [0, 0.1) is 13.8 Å². The summed E-state index contributed by atoms with van der Waals surface area (Å²) in [7, 11) is 0. The van der Waals surface area contributed by atoms with E-state index in [0.29, 0.717) is 17.3 Å². The first-order valence-electron chi connectivity index (χ1n) is 6.51. The maximum absolute atomic E-state index is 12.3. The number of anilines is 1. The average Bonchev–Trinajstić information content (AvgIpc) is 3.06. The highest BCUT2D eigenvalue weighted by Crippen LogP contribution is 2.33. The Bertz CT molecular complexity index is 841. The molecular formula is C15H12BrN3O2S. The second-order valence-electron chi connectivity index (χ2n) is 4.67. The lowest BCUT2D eigenvalue weighted by Crippen LogP contribution is -2.11. The number of hydrogen-bond acceptors (Lipinski definition) is 5. The number of carbonyl (C=O) groups is 1. The number of thiophene rings is 1. The molecule has 0 spiro atoms. The molecule has 0 radical (unpaired) electrons. The van der Waals surface area contributed by atoms with Gasteiger partial charge in [0, 0.05) is 21.8 Å². The van der Waals surface area contributed by atoms with E-state index in [1.807, 2.05) is 25.1 Å². The molecule has 1 aromatic carbocycles. The van der Waals surface area contributed by atoms with Crippen LogP contribution in [0.2, 0.25) is 0 Å². The lowest BCUT2D eigenvalue weighted by atomic mass is 10.2. The summed E-state index contributed by atoms with van der Waals surface area (Å²) in [5.74, 6) is 0.824. The van der Waals surface area contributed by atoms with Crippen molar-refractivity contribution in [3.63, 3.8) is 0 Å². The van der Waals surface area contributed by atoms with Crippen LogP contribution in [-0.4, -0.2) is 16.1 Å². The summed E-state index contributed by atoms with van der Waals surface area (Å²) >= 11 is 4.86. The molecule has 1 N–H and O–H groups in total. The first kappa shape index (κ1) is 14.9. The van der Waals surface area contributed by atoms with Crippen molar-refractivity contribution in [2.75, 3.05) is 5.32 Å². The van der Waals surface area contributed by atoms with Crippen molar-refractivity contribution in [3.8, 4) is 10.8 Å². The standard InChI is InChI=1S/C15H12BrN3O2S/c1-8-12(7-13(22-8)15-19-18-9(2)21-15)17-14(20)10-4-3-5-11(16)6-10/h3-7H,1-2H3,(H,17,20). The van der Waals surface area contributed by atoms with E-state index in [9.17, 15) is 4.79 Å². The van der Waals surface area contributed by atoms with Gasteiger partial charge in [-0.3, -0.25) is 4.79 Å². The molecule has 3 rings (SSSR count). The normalized spacial score (nSPS) is 10.7. The Morgan fingerprint density at radius 1 is 1.27 bits per heavy atom. The lowest BCUT2D eigenvalue weighted by Gasteiger charge is -2.04. The molecule has 22 heavy (non-hydrogen) atoms. The highest BCUT2D eigenvalue weighted by Gasteiger charge is 2.15. The van der Waals surface area contributed by atoms with Gasteiger partial charge in [-0.25, -0.2) is 0 Å². The molecule has 2 aromatic heterocycles. The number of nitrogens with zero attached hydrogens (tertiary/aromatic N) is 2. The molecule has 0 fully saturated rings. The van der Waals surface area contributed by atoms with Gasteiger partial charge in [0.05, 0.1) is 10.6 Å². The van der Waals surface area contributed by atoms with E-state index in [1.54, 1.807) is 19.1 Å². The summed E-state index contributed by atoms with van der Waals surface area (Å²) in [5, 5.41) is 10.7. The van der Waals surface area contributed by atoms with Gasteiger partial charge in [-0.05, 0) is 31.2 Å². The topological polar surface area (TPSA) is 68.0 Å². The third-order valence-corrected chi connectivity index (χ3v) is 4.52. The monoisotopic (exact) mass is 377 g/mol. The number of rotatable bonds is 3. The molecule has 3 aromatic rings. The van der Waals surface area contributed by atoms with Crippen LogP contribution in [0.25, 0.3) is 10.8 Å². The smallest absolute Gasteiger partial charge is 0.257 e. The Balaban J connectivity index is 1.84. The Morgan fingerprint density at radius 2 is 2.09 bits per heavy atom. The Morgan fingerprint density at radius 3 is 2.77 bits per heavy atom. The maximum Gasteiger partial charge on any atom is 0.257 e. The molecular weight excluding hydrogens is 366 g/mol. The minimum absolute atomic E-state index is 0.157. The largest absolute Gasteiger partial charge is 0.420 e. The van der Waals surface area contributed by atoms with Crippen molar-refractivity contribution in [1.29, 1.82) is 0 Å². The number of hydrogen-bond donors (Lipinski definition) is 1. The predicted molar refractivity (Wildman–Crippen MR) is 89.2 cm³/mol. The van der Waals surface area contributed by atoms with Crippen molar-refractivity contribution in [2.45, 2.75) is 13.8 Å². The number of aromatic nitrogens is 2. The molecule has 2 heterocycles. The number of amides is 1. The van der Waals surface area contributed by atoms with Gasteiger partial charge in [0.25, 0.3) is 11.8 Å². The van der Waals surface area contributed by atoms with Crippen molar-refractivity contribution in [2.24, 2.45) is 0 Å². The summed E-state index contributed by atoms with van der Waals surface area (Å²) < 4.78 is 6.28. The van der Waals surface area contributed by atoms with Crippen LogP contribution in [-0.2, 0) is 0 Å². The number of nitrogens with one attached hydrogen (secondary N) is 1. The maximum atomic E-state index is 12.3. The van der Waals surface area contributed by atoms with E-state index in [-0.39, 0.29) is 5.91 Å². The number of halogens is 1. The Kier molecular flexibility index (Phi) is 4.08. The van der Waals surface area contributed by atoms with Crippen molar-refractivity contribution in [1.82, 2.24) is 10.2 Å². The van der Waals surface area contributed by atoms with Gasteiger partial charge in [0.15, 0.2) is 0 Å².